The molecule has 2 aromatic carbocycles. The van der Waals surface area contributed by atoms with Gasteiger partial charge in [0.05, 0.1) is 11.9 Å². The Morgan fingerprint density at radius 1 is 1.12 bits per heavy atom. The van der Waals surface area contributed by atoms with Crippen molar-refractivity contribution < 1.29 is 26.8 Å². The number of hydrogen-bond donors (Lipinski definition) is 1. The molecular weight excluding hydrogens is 488 g/mol. The Morgan fingerprint density at radius 3 is 2.38 bits per heavy atom. The average Bonchev–Trinajstić information content (AvgIpc) is 2.77. The summed E-state index contributed by atoms with van der Waals surface area (Å²) < 4.78 is 52.3. The zero-order valence-corrected chi connectivity index (χ0v) is 20.8. The number of carbonyl (C=O) groups excluding carboxylic acids is 2. The largest absolute Gasteiger partial charge is 0.355 e. The molecule has 1 N–H and O–H groups in total. The number of nitrogens with zero attached hydrogens (tertiary/aromatic N) is 2. The van der Waals surface area contributed by atoms with E-state index in [4.69, 9.17) is 11.6 Å². The van der Waals surface area contributed by atoms with E-state index in [1.165, 1.54) is 4.90 Å². The summed E-state index contributed by atoms with van der Waals surface area (Å²) >= 11 is 6.24. The van der Waals surface area contributed by atoms with Gasteiger partial charge in [-0.25, -0.2) is 17.2 Å². The summed E-state index contributed by atoms with van der Waals surface area (Å²) in [5, 5.41) is 3.14. The minimum Gasteiger partial charge on any atom is -0.355 e. The number of rotatable bonds is 11. The van der Waals surface area contributed by atoms with Gasteiger partial charge in [0, 0.05) is 37.1 Å². The zero-order chi connectivity index (χ0) is 25.5. The Morgan fingerprint density at radius 2 is 1.79 bits per heavy atom. The molecule has 0 aliphatic heterocycles. The molecular formula is C23H28ClF2N3O4S. The fourth-order valence-corrected chi connectivity index (χ4v) is 4.51. The zero-order valence-electron chi connectivity index (χ0n) is 19.2. The molecule has 1 atom stereocenters. The highest BCUT2D eigenvalue weighted by Gasteiger charge is 2.27. The number of hydrogen-bond acceptors (Lipinski definition) is 4. The second-order valence-corrected chi connectivity index (χ2v) is 10.0. The third kappa shape index (κ3) is 7.39. The molecule has 0 saturated carbocycles. The molecule has 11 heteroatoms. The lowest BCUT2D eigenvalue weighted by molar-refractivity contribution is -0.140. The van der Waals surface area contributed by atoms with Crippen LogP contribution in [-0.4, -0.2) is 50.5 Å². The summed E-state index contributed by atoms with van der Waals surface area (Å²) in [6.07, 6.45) is 0.951. The number of carbonyl (C=O) groups is 2. The maximum atomic E-state index is 13.6. The summed E-state index contributed by atoms with van der Waals surface area (Å²) in [5.41, 5.74) is 0.616. The van der Waals surface area contributed by atoms with Gasteiger partial charge in [-0.15, -0.1) is 0 Å². The van der Waals surface area contributed by atoms with E-state index in [2.05, 4.69) is 5.32 Å². The van der Waals surface area contributed by atoms with Crippen molar-refractivity contribution in [3.63, 3.8) is 0 Å². The second-order valence-electron chi connectivity index (χ2n) is 7.72. The Balaban J connectivity index is 2.18. The first-order chi connectivity index (χ1) is 16.0. The fraction of sp³-hybridized carbons (Fsp3) is 0.391. The van der Waals surface area contributed by atoms with Gasteiger partial charge in [0.15, 0.2) is 11.6 Å². The smallest absolute Gasteiger partial charge is 0.242 e. The van der Waals surface area contributed by atoms with Crippen molar-refractivity contribution in [1.29, 1.82) is 0 Å². The third-order valence-electron chi connectivity index (χ3n) is 5.16. The van der Waals surface area contributed by atoms with Gasteiger partial charge >= 0.3 is 0 Å². The SMILES string of the molecule is CCNC(=O)C(C)N(Cc1ccccc1Cl)C(=O)CCCN(c1ccc(F)c(F)c1)S(C)(=O)=O. The minimum atomic E-state index is -3.82. The van der Waals surface area contributed by atoms with Gasteiger partial charge < -0.3 is 10.2 Å². The monoisotopic (exact) mass is 515 g/mol. The van der Waals surface area contributed by atoms with Crippen molar-refractivity contribution in [2.45, 2.75) is 39.3 Å². The van der Waals surface area contributed by atoms with Crippen LogP contribution in [0.2, 0.25) is 5.02 Å². The number of nitrogens with one attached hydrogen (secondary N) is 1. The van der Waals surface area contributed by atoms with Crippen LogP contribution in [0.4, 0.5) is 14.5 Å². The molecule has 2 amide bonds. The maximum Gasteiger partial charge on any atom is 0.242 e. The summed E-state index contributed by atoms with van der Waals surface area (Å²) in [6.45, 7) is 3.72. The highest BCUT2D eigenvalue weighted by molar-refractivity contribution is 7.92. The molecule has 34 heavy (non-hydrogen) atoms. The normalized spacial score (nSPS) is 12.2. The van der Waals surface area contributed by atoms with Crippen LogP contribution in [-0.2, 0) is 26.2 Å². The molecule has 0 heterocycles. The Hall–Kier alpha value is -2.72. The summed E-state index contributed by atoms with van der Waals surface area (Å²) in [4.78, 5) is 26.9. The molecule has 0 fully saturated rings. The summed E-state index contributed by atoms with van der Waals surface area (Å²) in [7, 11) is -3.82. The van der Waals surface area contributed by atoms with Crippen molar-refractivity contribution in [3.8, 4) is 0 Å². The summed E-state index contributed by atoms with van der Waals surface area (Å²) in [6, 6.07) is 8.95. The van der Waals surface area contributed by atoms with E-state index >= 15 is 0 Å². The Kier molecular flexibility index (Phi) is 9.81. The van der Waals surface area contributed by atoms with Crippen LogP contribution in [0.3, 0.4) is 0 Å². The van der Waals surface area contributed by atoms with E-state index in [-0.39, 0.29) is 43.4 Å². The molecule has 0 saturated heterocycles. The topological polar surface area (TPSA) is 86.8 Å². The van der Waals surface area contributed by atoms with E-state index in [9.17, 15) is 26.8 Å². The first kappa shape index (κ1) is 27.5. The summed E-state index contributed by atoms with van der Waals surface area (Å²) in [5.74, 6) is -2.98. The number of anilines is 1. The predicted octanol–water partition coefficient (Wildman–Crippen LogP) is 3.72. The van der Waals surface area contributed by atoms with Gasteiger partial charge in [0.1, 0.15) is 6.04 Å². The lowest BCUT2D eigenvalue weighted by atomic mass is 10.1. The van der Waals surface area contributed by atoms with Gasteiger partial charge in [-0.1, -0.05) is 29.8 Å². The molecule has 2 rings (SSSR count). The van der Waals surface area contributed by atoms with Crippen molar-refractivity contribution in [2.75, 3.05) is 23.7 Å². The van der Waals surface area contributed by atoms with Crippen LogP contribution < -0.4 is 9.62 Å². The van der Waals surface area contributed by atoms with Crippen LogP contribution in [0.1, 0.15) is 32.3 Å². The number of sulfonamides is 1. The lowest BCUT2D eigenvalue weighted by Crippen LogP contribution is -2.47. The van der Waals surface area contributed by atoms with E-state index in [0.29, 0.717) is 17.1 Å². The quantitative estimate of drug-likeness (QED) is 0.494. The first-order valence-electron chi connectivity index (χ1n) is 10.7. The van der Waals surface area contributed by atoms with Gasteiger partial charge in [0.25, 0.3) is 0 Å². The van der Waals surface area contributed by atoms with Gasteiger partial charge in [0.2, 0.25) is 21.8 Å². The van der Waals surface area contributed by atoms with Gasteiger partial charge in [-0.05, 0) is 44.0 Å². The number of amides is 2. The molecule has 0 bridgehead atoms. The fourth-order valence-electron chi connectivity index (χ4n) is 3.36. The van der Waals surface area contributed by atoms with E-state index < -0.39 is 27.7 Å². The molecule has 1 unspecified atom stereocenters. The number of halogens is 3. The van der Waals surface area contributed by atoms with Crippen LogP contribution in [0.5, 0.6) is 0 Å². The minimum absolute atomic E-state index is 0.0440. The van der Waals surface area contributed by atoms with Crippen molar-refractivity contribution in [2.24, 2.45) is 0 Å². The average molecular weight is 516 g/mol. The molecule has 2 aromatic rings. The number of benzene rings is 2. The van der Waals surface area contributed by atoms with Crippen LogP contribution in [0.25, 0.3) is 0 Å². The van der Waals surface area contributed by atoms with Crippen molar-refractivity contribution in [3.05, 3.63) is 64.7 Å². The van der Waals surface area contributed by atoms with Crippen LogP contribution in [0, 0.1) is 11.6 Å². The highest BCUT2D eigenvalue weighted by atomic mass is 35.5. The maximum absolute atomic E-state index is 13.6. The molecule has 0 aliphatic carbocycles. The predicted molar refractivity (Wildman–Crippen MR) is 128 cm³/mol. The van der Waals surface area contributed by atoms with Crippen molar-refractivity contribution >= 4 is 39.1 Å². The Labute approximate surface area is 203 Å². The van der Waals surface area contributed by atoms with Crippen LogP contribution >= 0.6 is 11.6 Å². The van der Waals surface area contributed by atoms with Gasteiger partial charge in [-0.3, -0.25) is 13.9 Å². The van der Waals surface area contributed by atoms with Gasteiger partial charge in [-0.2, -0.15) is 0 Å². The highest BCUT2D eigenvalue weighted by Crippen LogP contribution is 2.22. The standard InChI is InChI=1S/C23H28ClF2N3O4S/c1-4-27-23(31)16(2)28(15-17-8-5-6-9-19(17)24)22(30)10-7-13-29(34(3,32)33)18-11-12-20(25)21(26)14-18/h5-6,8-9,11-12,14,16H,4,7,10,13,15H2,1-3H3,(H,27,31). The first-order valence-corrected chi connectivity index (χ1v) is 12.9. The third-order valence-corrected chi connectivity index (χ3v) is 6.72. The molecule has 0 aliphatic rings. The molecule has 7 nitrogen and oxygen atoms in total. The molecule has 0 spiro atoms. The van der Waals surface area contributed by atoms with E-state index in [1.54, 1.807) is 38.1 Å². The molecule has 0 aromatic heterocycles. The molecule has 186 valence electrons. The van der Waals surface area contributed by atoms with E-state index in [1.807, 2.05) is 0 Å². The van der Waals surface area contributed by atoms with E-state index in [0.717, 1.165) is 28.8 Å². The number of likely N-dealkylation sites (N-methyl/N-ethyl adjacent to an activating group) is 1. The lowest BCUT2D eigenvalue weighted by Gasteiger charge is -2.29. The van der Waals surface area contributed by atoms with Crippen molar-refractivity contribution in [1.82, 2.24) is 10.2 Å². The Bertz CT molecular complexity index is 1130. The molecule has 0 radical (unpaired) electrons. The van der Waals surface area contributed by atoms with Crippen LogP contribution in [0.15, 0.2) is 42.5 Å². The second kappa shape index (κ2) is 12.1.